The third-order valence-corrected chi connectivity index (χ3v) is 5.64. The van der Waals surface area contributed by atoms with Gasteiger partial charge in [-0.15, -0.1) is 0 Å². The fraction of sp³-hybridized carbons (Fsp3) is 0.375. The lowest BCUT2D eigenvalue weighted by Gasteiger charge is -2.18. The molecule has 1 fully saturated rings. The number of rotatable bonds is 7. The van der Waals surface area contributed by atoms with Gasteiger partial charge in [0.15, 0.2) is 6.10 Å². The summed E-state index contributed by atoms with van der Waals surface area (Å²) < 4.78 is 5.73. The van der Waals surface area contributed by atoms with Crippen LogP contribution in [0.1, 0.15) is 30.0 Å². The van der Waals surface area contributed by atoms with E-state index in [1.165, 1.54) is 0 Å². The number of hydrogen-bond donors (Lipinski definition) is 2. The molecule has 1 aliphatic heterocycles. The lowest BCUT2D eigenvalue weighted by atomic mass is 10.1. The van der Waals surface area contributed by atoms with Gasteiger partial charge in [0.2, 0.25) is 11.8 Å². The molecule has 2 aromatic carbocycles. The Morgan fingerprint density at radius 2 is 1.84 bits per heavy atom. The molecular formula is C24H29N3O4. The molecule has 2 aromatic rings. The first-order valence-corrected chi connectivity index (χ1v) is 10.5. The molecule has 0 spiro atoms. The lowest BCUT2D eigenvalue weighted by molar-refractivity contribution is -0.134. The van der Waals surface area contributed by atoms with Crippen LogP contribution in [0.15, 0.2) is 48.5 Å². The summed E-state index contributed by atoms with van der Waals surface area (Å²) in [6, 6.07) is 15.6. The molecule has 0 radical (unpaired) electrons. The Morgan fingerprint density at radius 3 is 2.58 bits per heavy atom. The second-order valence-corrected chi connectivity index (χ2v) is 7.91. The van der Waals surface area contributed by atoms with Gasteiger partial charge in [-0.25, -0.2) is 0 Å². The van der Waals surface area contributed by atoms with Gasteiger partial charge >= 0.3 is 0 Å². The van der Waals surface area contributed by atoms with Crippen LogP contribution in [0.25, 0.3) is 0 Å². The number of amides is 3. The molecule has 0 saturated carbocycles. The molecule has 2 atom stereocenters. The maximum absolute atomic E-state index is 12.4. The Morgan fingerprint density at radius 1 is 1.10 bits per heavy atom. The van der Waals surface area contributed by atoms with Crippen LogP contribution >= 0.6 is 0 Å². The van der Waals surface area contributed by atoms with Crippen molar-refractivity contribution >= 4 is 17.7 Å². The summed E-state index contributed by atoms with van der Waals surface area (Å²) in [5, 5.41) is 0. The van der Waals surface area contributed by atoms with Crippen LogP contribution in [0.5, 0.6) is 5.75 Å². The summed E-state index contributed by atoms with van der Waals surface area (Å²) >= 11 is 0. The average Bonchev–Trinajstić information content (AvgIpc) is 3.14. The number of hydrazine groups is 1. The summed E-state index contributed by atoms with van der Waals surface area (Å²) in [6.45, 7) is 6.44. The van der Waals surface area contributed by atoms with Crippen molar-refractivity contribution in [3.63, 3.8) is 0 Å². The molecule has 1 heterocycles. The number of ether oxygens (including phenoxy) is 1. The zero-order valence-corrected chi connectivity index (χ0v) is 18.2. The molecule has 7 heteroatoms. The summed E-state index contributed by atoms with van der Waals surface area (Å²) in [5.74, 6) is -0.736. The highest BCUT2D eigenvalue weighted by atomic mass is 16.5. The van der Waals surface area contributed by atoms with Gasteiger partial charge in [0, 0.05) is 19.5 Å². The summed E-state index contributed by atoms with van der Waals surface area (Å²) in [5.41, 5.74) is 8.02. The second kappa shape index (κ2) is 10.1. The third-order valence-electron chi connectivity index (χ3n) is 5.64. The Labute approximate surface area is 182 Å². The quantitative estimate of drug-likeness (QED) is 0.669. The molecule has 1 aliphatic rings. The smallest absolute Gasteiger partial charge is 0.279 e. The van der Waals surface area contributed by atoms with Crippen molar-refractivity contribution in [1.82, 2.24) is 15.8 Å². The molecule has 3 rings (SSSR count). The van der Waals surface area contributed by atoms with Crippen LogP contribution in [0.4, 0.5) is 0 Å². The summed E-state index contributed by atoms with van der Waals surface area (Å²) in [6.07, 6.45) is 0.101. The van der Waals surface area contributed by atoms with Crippen LogP contribution in [0, 0.1) is 19.8 Å². The number of carbonyl (C=O) groups is 3. The molecule has 31 heavy (non-hydrogen) atoms. The van der Waals surface area contributed by atoms with Crippen molar-refractivity contribution in [3.8, 4) is 5.75 Å². The predicted octanol–water partition coefficient (Wildman–Crippen LogP) is 2.31. The van der Waals surface area contributed by atoms with Crippen molar-refractivity contribution in [1.29, 1.82) is 0 Å². The van der Waals surface area contributed by atoms with Crippen LogP contribution in [-0.4, -0.2) is 41.8 Å². The third kappa shape index (κ3) is 5.84. The molecule has 1 saturated heterocycles. The van der Waals surface area contributed by atoms with E-state index in [4.69, 9.17) is 4.74 Å². The van der Waals surface area contributed by atoms with Gasteiger partial charge in [-0.1, -0.05) is 42.5 Å². The minimum atomic E-state index is -0.784. The summed E-state index contributed by atoms with van der Waals surface area (Å²) in [4.78, 5) is 38.7. The van der Waals surface area contributed by atoms with Crippen LogP contribution < -0.4 is 15.6 Å². The Bertz CT molecular complexity index is 945. The molecule has 2 N–H and O–H groups in total. The van der Waals surface area contributed by atoms with E-state index in [-0.39, 0.29) is 18.2 Å². The number of carbonyl (C=O) groups excluding carboxylic acids is 3. The summed E-state index contributed by atoms with van der Waals surface area (Å²) in [7, 11) is 0. The first kappa shape index (κ1) is 22.3. The highest BCUT2D eigenvalue weighted by molar-refractivity contribution is 5.91. The predicted molar refractivity (Wildman–Crippen MR) is 117 cm³/mol. The first-order chi connectivity index (χ1) is 14.8. The van der Waals surface area contributed by atoms with Crippen molar-refractivity contribution in [2.24, 2.45) is 5.92 Å². The molecule has 0 bridgehead atoms. The number of hydrogen-bond acceptors (Lipinski definition) is 4. The Balaban J connectivity index is 1.45. The molecule has 3 amide bonds. The number of aryl methyl sites for hydroxylation is 1. The highest BCUT2D eigenvalue weighted by Gasteiger charge is 2.34. The van der Waals surface area contributed by atoms with E-state index in [9.17, 15) is 14.4 Å². The van der Waals surface area contributed by atoms with E-state index in [1.54, 1.807) is 17.9 Å². The zero-order valence-electron chi connectivity index (χ0n) is 18.2. The van der Waals surface area contributed by atoms with Crippen molar-refractivity contribution in [2.75, 3.05) is 13.1 Å². The van der Waals surface area contributed by atoms with E-state index in [0.29, 0.717) is 18.8 Å². The molecular weight excluding hydrogens is 394 g/mol. The molecule has 2 unspecified atom stereocenters. The van der Waals surface area contributed by atoms with Gasteiger partial charge in [-0.2, -0.15) is 0 Å². The van der Waals surface area contributed by atoms with E-state index in [0.717, 1.165) is 23.1 Å². The van der Waals surface area contributed by atoms with Crippen LogP contribution in [-0.2, 0) is 20.8 Å². The van der Waals surface area contributed by atoms with Gasteiger partial charge in [0.1, 0.15) is 5.75 Å². The fourth-order valence-corrected chi connectivity index (χ4v) is 3.50. The minimum Gasteiger partial charge on any atom is -0.481 e. The normalized spacial score (nSPS) is 16.7. The molecule has 0 aliphatic carbocycles. The van der Waals surface area contributed by atoms with E-state index < -0.39 is 17.9 Å². The van der Waals surface area contributed by atoms with Gasteiger partial charge < -0.3 is 9.64 Å². The first-order valence-electron chi connectivity index (χ1n) is 10.5. The van der Waals surface area contributed by atoms with Crippen molar-refractivity contribution in [3.05, 3.63) is 65.2 Å². The number of nitrogens with one attached hydrogen (secondary N) is 2. The van der Waals surface area contributed by atoms with E-state index >= 15 is 0 Å². The Hall–Kier alpha value is -3.35. The topological polar surface area (TPSA) is 87.7 Å². The maximum atomic E-state index is 12.4. The SMILES string of the molecule is Cc1cccc(OC(C)C(=O)NNC(=O)C2CC(=O)N(CCc3ccccc3)C2)c1C. The average molecular weight is 424 g/mol. The van der Waals surface area contributed by atoms with E-state index in [1.807, 2.05) is 56.3 Å². The number of likely N-dealkylation sites (tertiary alicyclic amines) is 1. The van der Waals surface area contributed by atoms with Crippen molar-refractivity contribution < 1.29 is 19.1 Å². The maximum Gasteiger partial charge on any atom is 0.279 e. The number of nitrogens with zero attached hydrogens (tertiary/aromatic N) is 1. The Kier molecular flexibility index (Phi) is 7.28. The minimum absolute atomic E-state index is 0.0472. The molecule has 0 aromatic heterocycles. The van der Waals surface area contributed by atoms with Gasteiger partial charge in [-0.3, -0.25) is 25.2 Å². The monoisotopic (exact) mass is 423 g/mol. The standard InChI is InChI=1S/C24H29N3O4/c1-16-8-7-11-21(17(16)2)31-18(3)23(29)25-26-24(30)20-14-22(28)27(15-20)13-12-19-9-5-4-6-10-19/h4-11,18,20H,12-15H2,1-3H3,(H,25,29)(H,26,30). The van der Waals surface area contributed by atoms with Crippen LogP contribution in [0.3, 0.4) is 0 Å². The zero-order chi connectivity index (χ0) is 22.4. The van der Waals surface area contributed by atoms with Crippen molar-refractivity contribution in [2.45, 2.75) is 39.7 Å². The molecule has 164 valence electrons. The van der Waals surface area contributed by atoms with Gasteiger partial charge in [0.05, 0.1) is 5.92 Å². The fourth-order valence-electron chi connectivity index (χ4n) is 3.50. The van der Waals surface area contributed by atoms with Gasteiger partial charge in [0.25, 0.3) is 5.91 Å². The largest absolute Gasteiger partial charge is 0.481 e. The number of benzene rings is 2. The lowest BCUT2D eigenvalue weighted by Crippen LogP contribution is -2.49. The van der Waals surface area contributed by atoms with Crippen LogP contribution in [0.2, 0.25) is 0 Å². The highest BCUT2D eigenvalue weighted by Crippen LogP contribution is 2.22. The molecule has 7 nitrogen and oxygen atoms in total. The second-order valence-electron chi connectivity index (χ2n) is 7.91. The van der Waals surface area contributed by atoms with E-state index in [2.05, 4.69) is 10.9 Å². The van der Waals surface area contributed by atoms with Gasteiger partial charge in [-0.05, 0) is 49.9 Å².